The lowest BCUT2D eigenvalue weighted by Gasteiger charge is -2.13. The van der Waals surface area contributed by atoms with Gasteiger partial charge in [-0.2, -0.15) is 13.2 Å². The Kier molecular flexibility index (Phi) is 5.62. The summed E-state index contributed by atoms with van der Waals surface area (Å²) in [5.41, 5.74) is 0.500. The first kappa shape index (κ1) is 20.5. The van der Waals surface area contributed by atoms with E-state index in [1.54, 1.807) is 6.07 Å². The minimum atomic E-state index is -4.51. The molecular formula is C25H18F3NO2. The molecule has 4 aromatic carbocycles. The number of rotatable bonds is 5. The fraction of sp³-hybridized carbons (Fsp3) is 0.0800. The van der Waals surface area contributed by atoms with Crippen LogP contribution in [-0.2, 0) is 12.8 Å². The third kappa shape index (κ3) is 4.69. The molecule has 156 valence electrons. The van der Waals surface area contributed by atoms with Gasteiger partial charge < -0.3 is 9.84 Å². The summed E-state index contributed by atoms with van der Waals surface area (Å²) in [6, 6.07) is 23.1. The van der Waals surface area contributed by atoms with Crippen LogP contribution in [0.3, 0.4) is 0 Å². The Bertz CT molecular complexity index is 1230. The normalized spacial score (nSPS) is 11.8. The first-order valence-electron chi connectivity index (χ1n) is 9.54. The molecule has 0 radical (unpaired) electrons. The highest BCUT2D eigenvalue weighted by Crippen LogP contribution is 2.37. The van der Waals surface area contributed by atoms with Gasteiger partial charge in [0.05, 0.1) is 5.56 Å². The molecular weight excluding hydrogens is 403 g/mol. The molecule has 0 fully saturated rings. The predicted molar refractivity (Wildman–Crippen MR) is 115 cm³/mol. The topological polar surface area (TPSA) is 41.8 Å². The van der Waals surface area contributed by atoms with Crippen molar-refractivity contribution in [1.82, 2.24) is 0 Å². The average molecular weight is 421 g/mol. The molecule has 3 nitrogen and oxygen atoms in total. The molecule has 0 aliphatic carbocycles. The lowest BCUT2D eigenvalue weighted by atomic mass is 10.0. The summed E-state index contributed by atoms with van der Waals surface area (Å²) >= 11 is 0. The van der Waals surface area contributed by atoms with E-state index in [1.165, 1.54) is 18.3 Å². The fourth-order valence-electron chi connectivity index (χ4n) is 3.21. The highest BCUT2D eigenvalue weighted by Gasteiger charge is 2.31. The van der Waals surface area contributed by atoms with Crippen molar-refractivity contribution in [3.63, 3.8) is 0 Å². The summed E-state index contributed by atoms with van der Waals surface area (Å²) in [6.07, 6.45) is -3.15. The van der Waals surface area contributed by atoms with E-state index in [0.29, 0.717) is 5.56 Å². The van der Waals surface area contributed by atoms with E-state index in [9.17, 15) is 18.3 Å². The van der Waals surface area contributed by atoms with E-state index in [-0.39, 0.29) is 23.8 Å². The average Bonchev–Trinajstić information content (AvgIpc) is 2.77. The van der Waals surface area contributed by atoms with Crippen LogP contribution >= 0.6 is 0 Å². The zero-order chi connectivity index (χ0) is 21.8. The van der Waals surface area contributed by atoms with Crippen LogP contribution in [0.2, 0.25) is 0 Å². The zero-order valence-electron chi connectivity index (χ0n) is 16.3. The van der Waals surface area contributed by atoms with Crippen molar-refractivity contribution in [1.29, 1.82) is 0 Å². The number of ether oxygens (including phenoxy) is 1. The van der Waals surface area contributed by atoms with Gasteiger partial charge in [-0.15, -0.1) is 0 Å². The van der Waals surface area contributed by atoms with Crippen LogP contribution in [0, 0.1) is 0 Å². The molecule has 4 rings (SSSR count). The van der Waals surface area contributed by atoms with Gasteiger partial charge in [-0.1, -0.05) is 60.7 Å². The molecule has 0 amide bonds. The van der Waals surface area contributed by atoms with E-state index >= 15 is 0 Å². The largest absolute Gasteiger partial charge is 0.507 e. The second kappa shape index (κ2) is 8.52. The maximum Gasteiger partial charge on any atom is 0.416 e. The lowest BCUT2D eigenvalue weighted by molar-refractivity contribution is -0.137. The van der Waals surface area contributed by atoms with Crippen molar-refractivity contribution in [3.05, 3.63) is 102 Å². The van der Waals surface area contributed by atoms with Crippen molar-refractivity contribution in [3.8, 4) is 11.5 Å². The summed E-state index contributed by atoms with van der Waals surface area (Å²) in [4.78, 5) is 4.26. The molecule has 1 N–H and O–H groups in total. The minimum absolute atomic E-state index is 0.0128. The molecule has 0 aliphatic rings. The highest BCUT2D eigenvalue weighted by atomic mass is 19.4. The Hall–Kier alpha value is -3.80. The Morgan fingerprint density at radius 3 is 2.39 bits per heavy atom. The van der Waals surface area contributed by atoms with Crippen molar-refractivity contribution in [2.24, 2.45) is 4.99 Å². The van der Waals surface area contributed by atoms with Crippen LogP contribution in [0.15, 0.2) is 89.9 Å². The van der Waals surface area contributed by atoms with Crippen LogP contribution in [0.5, 0.6) is 11.5 Å². The Morgan fingerprint density at radius 2 is 1.61 bits per heavy atom. The summed E-state index contributed by atoms with van der Waals surface area (Å²) in [6.45, 7) is 0.189. The van der Waals surface area contributed by atoms with Crippen molar-refractivity contribution in [2.45, 2.75) is 12.8 Å². The van der Waals surface area contributed by atoms with E-state index in [2.05, 4.69) is 4.99 Å². The smallest absolute Gasteiger partial charge is 0.416 e. The number of phenols is 1. The molecule has 0 spiro atoms. The molecule has 0 atom stereocenters. The van der Waals surface area contributed by atoms with Gasteiger partial charge in [-0.05, 0) is 40.6 Å². The number of aliphatic imine (C=N–C) groups is 1. The third-order valence-electron chi connectivity index (χ3n) is 4.80. The maximum absolute atomic E-state index is 13.3. The zero-order valence-corrected chi connectivity index (χ0v) is 16.3. The van der Waals surface area contributed by atoms with Gasteiger partial charge >= 0.3 is 6.18 Å². The van der Waals surface area contributed by atoms with Gasteiger partial charge in [0.2, 0.25) is 0 Å². The number of hydrogen-bond donors (Lipinski definition) is 1. The Morgan fingerprint density at radius 1 is 0.871 bits per heavy atom. The van der Waals surface area contributed by atoms with Gasteiger partial charge in [0.1, 0.15) is 23.8 Å². The molecule has 31 heavy (non-hydrogen) atoms. The highest BCUT2D eigenvalue weighted by molar-refractivity contribution is 6.03. The van der Waals surface area contributed by atoms with E-state index in [1.807, 2.05) is 54.6 Å². The first-order valence-corrected chi connectivity index (χ1v) is 9.54. The molecule has 0 saturated heterocycles. The second-order valence-corrected chi connectivity index (χ2v) is 6.93. The molecule has 6 heteroatoms. The SMILES string of the molecule is Oc1ccc2ccccc2c1C=Nc1cc(C(F)(F)F)ccc1OCc1ccccc1. The third-order valence-corrected chi connectivity index (χ3v) is 4.80. The lowest BCUT2D eigenvalue weighted by Crippen LogP contribution is -2.05. The van der Waals surface area contributed by atoms with Crippen LogP contribution < -0.4 is 4.74 Å². The van der Waals surface area contributed by atoms with Gasteiger partial charge in [0.25, 0.3) is 0 Å². The second-order valence-electron chi connectivity index (χ2n) is 6.93. The van der Waals surface area contributed by atoms with Gasteiger partial charge in [0, 0.05) is 11.8 Å². The molecule has 0 unspecified atom stereocenters. The molecule has 4 aromatic rings. The van der Waals surface area contributed by atoms with Gasteiger partial charge in [-0.3, -0.25) is 4.99 Å². The molecule has 0 aromatic heterocycles. The first-order chi connectivity index (χ1) is 14.9. The van der Waals surface area contributed by atoms with Gasteiger partial charge in [-0.25, -0.2) is 0 Å². The van der Waals surface area contributed by atoms with Crippen LogP contribution in [-0.4, -0.2) is 11.3 Å². The number of nitrogens with zero attached hydrogens (tertiary/aromatic N) is 1. The number of alkyl halides is 3. The summed E-state index contributed by atoms with van der Waals surface area (Å²) < 4.78 is 45.5. The minimum Gasteiger partial charge on any atom is -0.507 e. The maximum atomic E-state index is 13.3. The van der Waals surface area contributed by atoms with Gasteiger partial charge in [0.15, 0.2) is 0 Å². The fourth-order valence-corrected chi connectivity index (χ4v) is 3.21. The summed E-state index contributed by atoms with van der Waals surface area (Å²) in [5.74, 6) is 0.203. The Balaban J connectivity index is 1.72. The number of halogens is 3. The van der Waals surface area contributed by atoms with Crippen LogP contribution in [0.1, 0.15) is 16.7 Å². The quantitative estimate of drug-likeness (QED) is 0.356. The number of benzene rings is 4. The van der Waals surface area contributed by atoms with E-state index in [0.717, 1.165) is 28.5 Å². The number of hydrogen-bond acceptors (Lipinski definition) is 3. The van der Waals surface area contributed by atoms with Crippen LogP contribution in [0.4, 0.5) is 18.9 Å². The van der Waals surface area contributed by atoms with Crippen molar-refractivity contribution >= 4 is 22.7 Å². The van der Waals surface area contributed by atoms with Crippen molar-refractivity contribution < 1.29 is 23.0 Å². The number of fused-ring (bicyclic) bond motifs is 1. The van der Waals surface area contributed by atoms with Crippen LogP contribution in [0.25, 0.3) is 10.8 Å². The van der Waals surface area contributed by atoms with E-state index < -0.39 is 11.7 Å². The molecule has 0 heterocycles. The number of phenolic OH excluding ortho intramolecular Hbond substituents is 1. The predicted octanol–water partition coefficient (Wildman–Crippen LogP) is 6.89. The van der Waals surface area contributed by atoms with E-state index in [4.69, 9.17) is 4.74 Å². The van der Waals surface area contributed by atoms with Crippen molar-refractivity contribution in [2.75, 3.05) is 0 Å². The monoisotopic (exact) mass is 421 g/mol. The Labute approximate surface area is 177 Å². The molecule has 0 bridgehead atoms. The number of aromatic hydroxyl groups is 1. The summed E-state index contributed by atoms with van der Waals surface area (Å²) in [5, 5.41) is 11.9. The molecule has 0 saturated carbocycles. The standard InChI is InChI=1S/C25H18F3NO2/c26-25(27,28)19-11-13-24(31-16-17-6-2-1-3-7-17)22(14-19)29-15-21-20-9-5-4-8-18(20)10-12-23(21)30/h1-15,30H,16H2. The molecule has 0 aliphatic heterocycles. The summed E-state index contributed by atoms with van der Waals surface area (Å²) in [7, 11) is 0.